The van der Waals surface area contributed by atoms with Gasteiger partial charge in [-0.3, -0.25) is 4.79 Å². The number of carbonyl (C=O) groups is 1. The van der Waals surface area contributed by atoms with Gasteiger partial charge in [0.15, 0.2) is 0 Å². The van der Waals surface area contributed by atoms with E-state index in [1.165, 1.54) is 5.56 Å². The Labute approximate surface area is 197 Å². The van der Waals surface area contributed by atoms with Gasteiger partial charge in [0.1, 0.15) is 0 Å². The fourth-order valence-corrected chi connectivity index (χ4v) is 6.93. The molecule has 1 unspecified atom stereocenters. The number of hydrogen-bond acceptors (Lipinski definition) is 4. The zero-order valence-electron chi connectivity index (χ0n) is 19.5. The molecule has 33 heavy (non-hydrogen) atoms. The summed E-state index contributed by atoms with van der Waals surface area (Å²) in [4.78, 5) is 17.1. The summed E-state index contributed by atoms with van der Waals surface area (Å²) < 4.78 is 29.7. The van der Waals surface area contributed by atoms with Gasteiger partial charge in [-0.25, -0.2) is 13.1 Å². The first-order valence-electron chi connectivity index (χ1n) is 12.0. The summed E-state index contributed by atoms with van der Waals surface area (Å²) in [5.41, 5.74) is 4.03. The first kappa shape index (κ1) is 22.4. The SMILES string of the molecule is CC1(C)CN(CC(=O)N2CCCC2)c2ccc(S(=O)(=O)NC3CCCc4ccccc43)cc21. The smallest absolute Gasteiger partial charge is 0.242 e. The molecule has 3 aliphatic rings. The second-order valence-electron chi connectivity index (χ2n) is 10.3. The Morgan fingerprint density at radius 2 is 1.85 bits per heavy atom. The minimum absolute atomic E-state index is 0.158. The fourth-order valence-electron chi connectivity index (χ4n) is 5.65. The van der Waals surface area contributed by atoms with Crippen LogP contribution in [-0.2, 0) is 26.7 Å². The summed E-state index contributed by atoms with van der Waals surface area (Å²) in [7, 11) is -3.67. The van der Waals surface area contributed by atoms with Crippen molar-refractivity contribution in [3.63, 3.8) is 0 Å². The lowest BCUT2D eigenvalue weighted by atomic mass is 9.87. The van der Waals surface area contributed by atoms with Gasteiger partial charge < -0.3 is 9.80 Å². The monoisotopic (exact) mass is 467 g/mol. The quantitative estimate of drug-likeness (QED) is 0.727. The molecular weight excluding hydrogens is 434 g/mol. The maximum Gasteiger partial charge on any atom is 0.242 e. The number of aryl methyl sites for hydroxylation is 1. The van der Waals surface area contributed by atoms with Crippen LogP contribution in [0.15, 0.2) is 47.4 Å². The van der Waals surface area contributed by atoms with Crippen LogP contribution in [0, 0.1) is 0 Å². The van der Waals surface area contributed by atoms with Gasteiger partial charge in [-0.15, -0.1) is 0 Å². The minimum atomic E-state index is -3.67. The van der Waals surface area contributed by atoms with Crippen molar-refractivity contribution in [2.45, 2.75) is 62.3 Å². The van der Waals surface area contributed by atoms with Crippen LogP contribution in [0.4, 0.5) is 5.69 Å². The molecule has 2 heterocycles. The lowest BCUT2D eigenvalue weighted by Gasteiger charge is -2.26. The van der Waals surface area contributed by atoms with E-state index < -0.39 is 10.0 Å². The van der Waals surface area contributed by atoms with Crippen molar-refractivity contribution in [1.29, 1.82) is 0 Å². The Bertz CT molecular complexity index is 1170. The predicted molar refractivity (Wildman–Crippen MR) is 130 cm³/mol. The predicted octanol–water partition coefficient (Wildman–Crippen LogP) is 3.76. The van der Waals surface area contributed by atoms with E-state index in [0.717, 1.165) is 62.0 Å². The van der Waals surface area contributed by atoms with Gasteiger partial charge in [-0.1, -0.05) is 38.1 Å². The van der Waals surface area contributed by atoms with Gasteiger partial charge in [-0.05, 0) is 67.0 Å². The summed E-state index contributed by atoms with van der Waals surface area (Å²) >= 11 is 0. The molecule has 2 aromatic carbocycles. The number of nitrogens with zero attached hydrogens (tertiary/aromatic N) is 2. The molecule has 1 amide bonds. The second kappa shape index (κ2) is 8.44. The van der Waals surface area contributed by atoms with E-state index in [2.05, 4.69) is 29.5 Å². The third kappa shape index (κ3) is 4.28. The molecule has 2 aliphatic heterocycles. The average Bonchev–Trinajstić information content (AvgIpc) is 3.41. The third-order valence-corrected chi connectivity index (χ3v) is 8.86. The van der Waals surface area contributed by atoms with Crippen molar-refractivity contribution in [2.75, 3.05) is 31.1 Å². The molecule has 2 aromatic rings. The van der Waals surface area contributed by atoms with Crippen LogP contribution >= 0.6 is 0 Å². The highest BCUT2D eigenvalue weighted by molar-refractivity contribution is 7.89. The summed E-state index contributed by atoms with van der Waals surface area (Å²) in [6.07, 6.45) is 4.93. The van der Waals surface area contributed by atoms with Gasteiger partial charge in [0.2, 0.25) is 15.9 Å². The lowest BCUT2D eigenvalue weighted by Crippen LogP contribution is -2.40. The lowest BCUT2D eigenvalue weighted by molar-refractivity contribution is -0.128. The molecule has 0 spiro atoms. The van der Waals surface area contributed by atoms with E-state index in [-0.39, 0.29) is 17.4 Å². The molecule has 1 N–H and O–H groups in total. The fraction of sp³-hybridized carbons (Fsp3) is 0.500. The molecule has 7 heteroatoms. The maximum absolute atomic E-state index is 13.4. The molecular formula is C26H33N3O3S. The Morgan fingerprint density at radius 3 is 2.64 bits per heavy atom. The number of likely N-dealkylation sites (tertiary alicyclic amines) is 1. The van der Waals surface area contributed by atoms with Crippen LogP contribution in [0.5, 0.6) is 0 Å². The molecule has 0 bridgehead atoms. The molecule has 1 aliphatic carbocycles. The molecule has 0 radical (unpaired) electrons. The number of amides is 1. The number of fused-ring (bicyclic) bond motifs is 2. The van der Waals surface area contributed by atoms with Crippen molar-refractivity contribution >= 4 is 21.6 Å². The molecule has 5 rings (SSSR count). The zero-order valence-corrected chi connectivity index (χ0v) is 20.3. The van der Waals surface area contributed by atoms with Crippen LogP contribution in [0.1, 0.15) is 62.3 Å². The van der Waals surface area contributed by atoms with Gasteiger partial charge in [0.25, 0.3) is 0 Å². The second-order valence-corrected chi connectivity index (χ2v) is 12.0. The molecule has 0 aromatic heterocycles. The number of carbonyl (C=O) groups excluding carboxylic acids is 1. The summed E-state index contributed by atoms with van der Waals surface area (Å²) in [5, 5.41) is 0. The van der Waals surface area contributed by atoms with Crippen LogP contribution in [-0.4, -0.2) is 45.4 Å². The number of rotatable bonds is 5. The molecule has 1 saturated heterocycles. The van der Waals surface area contributed by atoms with Crippen LogP contribution < -0.4 is 9.62 Å². The summed E-state index contributed by atoms with van der Waals surface area (Å²) in [6.45, 7) is 6.97. The highest BCUT2D eigenvalue weighted by atomic mass is 32.2. The molecule has 0 saturated carbocycles. The Kier molecular flexibility index (Phi) is 5.73. The molecule has 6 nitrogen and oxygen atoms in total. The topological polar surface area (TPSA) is 69.7 Å². The maximum atomic E-state index is 13.4. The van der Waals surface area contributed by atoms with Crippen molar-refractivity contribution in [2.24, 2.45) is 0 Å². The highest BCUT2D eigenvalue weighted by Gasteiger charge is 2.38. The van der Waals surface area contributed by atoms with E-state index in [4.69, 9.17) is 0 Å². The Hall–Kier alpha value is -2.38. The van der Waals surface area contributed by atoms with Crippen LogP contribution in [0.25, 0.3) is 0 Å². The van der Waals surface area contributed by atoms with Crippen LogP contribution in [0.2, 0.25) is 0 Å². The third-order valence-electron chi connectivity index (χ3n) is 7.39. The number of nitrogens with one attached hydrogen (secondary N) is 1. The first-order valence-corrected chi connectivity index (χ1v) is 13.5. The van der Waals surface area contributed by atoms with Crippen molar-refractivity contribution in [3.8, 4) is 0 Å². The molecule has 176 valence electrons. The highest BCUT2D eigenvalue weighted by Crippen LogP contribution is 2.42. The first-order chi connectivity index (χ1) is 15.7. The van der Waals surface area contributed by atoms with E-state index in [0.29, 0.717) is 18.0 Å². The van der Waals surface area contributed by atoms with E-state index in [1.807, 2.05) is 35.2 Å². The van der Waals surface area contributed by atoms with Crippen LogP contribution in [0.3, 0.4) is 0 Å². The molecule has 1 atom stereocenters. The van der Waals surface area contributed by atoms with Crippen molar-refractivity contribution in [3.05, 3.63) is 59.2 Å². The number of sulfonamides is 1. The number of benzene rings is 2. The normalized spacial score (nSPS) is 21.7. The van der Waals surface area contributed by atoms with Crippen molar-refractivity contribution in [1.82, 2.24) is 9.62 Å². The van der Waals surface area contributed by atoms with Gasteiger partial charge in [0, 0.05) is 36.8 Å². The van der Waals surface area contributed by atoms with E-state index in [1.54, 1.807) is 6.07 Å². The molecule has 1 fully saturated rings. The summed E-state index contributed by atoms with van der Waals surface area (Å²) in [6, 6.07) is 13.3. The van der Waals surface area contributed by atoms with E-state index in [9.17, 15) is 13.2 Å². The standard InChI is InChI=1S/C26H33N3O3S/c1-26(2)18-29(17-25(30)28-14-5-6-15-28)24-13-12-20(16-22(24)26)33(31,32)27-23-11-7-9-19-8-3-4-10-21(19)23/h3-4,8,10,12-13,16,23,27H,5-7,9,11,14-15,17-18H2,1-2H3. The number of hydrogen-bond donors (Lipinski definition) is 1. The van der Waals surface area contributed by atoms with Gasteiger partial charge in [-0.2, -0.15) is 0 Å². The van der Waals surface area contributed by atoms with Gasteiger partial charge >= 0.3 is 0 Å². The minimum Gasteiger partial charge on any atom is -0.361 e. The zero-order chi connectivity index (χ0) is 23.2. The largest absolute Gasteiger partial charge is 0.361 e. The van der Waals surface area contributed by atoms with E-state index >= 15 is 0 Å². The average molecular weight is 468 g/mol. The summed E-state index contributed by atoms with van der Waals surface area (Å²) in [5.74, 6) is 0.158. The van der Waals surface area contributed by atoms with Gasteiger partial charge in [0.05, 0.1) is 11.4 Å². The number of anilines is 1. The Balaban J connectivity index is 1.39. The van der Waals surface area contributed by atoms with Crippen molar-refractivity contribution < 1.29 is 13.2 Å². The Morgan fingerprint density at radius 1 is 1.09 bits per heavy atom.